The van der Waals surface area contributed by atoms with E-state index in [2.05, 4.69) is 20.5 Å². The summed E-state index contributed by atoms with van der Waals surface area (Å²) in [5.74, 6) is -1.90. The van der Waals surface area contributed by atoms with Gasteiger partial charge in [-0.3, -0.25) is 5.10 Å². The van der Waals surface area contributed by atoms with Crippen LogP contribution >= 0.6 is 11.3 Å². The molecule has 0 aliphatic carbocycles. The molecule has 1 aromatic carbocycles. The molecular weight excluding hydrogens is 373 g/mol. The molecule has 0 unspecified atom stereocenters. The number of nitrogens with zero attached hydrogens (tertiary/aromatic N) is 2. The molecule has 0 aliphatic rings. The number of fused-ring (bicyclic) bond motifs is 1. The van der Waals surface area contributed by atoms with Crippen molar-refractivity contribution >= 4 is 32.7 Å². The molecule has 0 radical (unpaired) electrons. The summed E-state index contributed by atoms with van der Waals surface area (Å²) in [7, 11) is 1.67. The summed E-state index contributed by atoms with van der Waals surface area (Å²) < 4.78 is 38.1. The van der Waals surface area contributed by atoms with Gasteiger partial charge >= 0.3 is 12.1 Å². The van der Waals surface area contributed by atoms with Crippen LogP contribution in [-0.2, 0) is 11.3 Å². The van der Waals surface area contributed by atoms with Crippen LogP contribution in [0.4, 0.5) is 18.3 Å². The van der Waals surface area contributed by atoms with Crippen LogP contribution in [-0.4, -0.2) is 39.5 Å². The lowest BCUT2D eigenvalue weighted by Crippen LogP contribution is -2.21. The summed E-state index contributed by atoms with van der Waals surface area (Å²) in [5.41, 5.74) is 3.02. The molecule has 0 amide bonds. The predicted molar refractivity (Wildman–Crippen MR) is 90.5 cm³/mol. The van der Waals surface area contributed by atoms with Crippen molar-refractivity contribution in [1.82, 2.24) is 15.2 Å². The number of hydrogen-bond donors (Lipinski definition) is 3. The van der Waals surface area contributed by atoms with Gasteiger partial charge in [0.05, 0.1) is 29.6 Å². The fraction of sp³-hybridized carbons (Fsp3) is 0.267. The third-order valence-electron chi connectivity index (χ3n) is 3.02. The Kier molecular flexibility index (Phi) is 6.03. The Morgan fingerprint density at radius 3 is 2.62 bits per heavy atom. The van der Waals surface area contributed by atoms with Gasteiger partial charge in [0.2, 0.25) is 0 Å². The average Bonchev–Trinajstić information content (AvgIpc) is 3.17. The van der Waals surface area contributed by atoms with Gasteiger partial charge in [-0.25, -0.2) is 9.78 Å². The van der Waals surface area contributed by atoms with Crippen molar-refractivity contribution in [3.63, 3.8) is 0 Å². The minimum Gasteiger partial charge on any atom is -0.497 e. The highest BCUT2D eigenvalue weighted by molar-refractivity contribution is 7.22. The predicted octanol–water partition coefficient (Wildman–Crippen LogP) is 3.58. The van der Waals surface area contributed by atoms with Crippen molar-refractivity contribution in [3.8, 4) is 5.75 Å². The number of anilines is 1. The number of carboxylic acids is 1. The summed E-state index contributed by atoms with van der Waals surface area (Å²) >= 11 is 1.61. The number of aromatic amines is 1. The number of halogens is 3. The second kappa shape index (κ2) is 8.04. The van der Waals surface area contributed by atoms with E-state index in [0.29, 0.717) is 6.54 Å². The molecule has 0 bridgehead atoms. The molecule has 0 aliphatic heterocycles. The molecule has 3 aromatic rings. The maximum absolute atomic E-state index is 10.6. The fourth-order valence-electron chi connectivity index (χ4n) is 1.84. The van der Waals surface area contributed by atoms with Crippen LogP contribution in [0.25, 0.3) is 10.2 Å². The molecule has 0 saturated carbocycles. The quantitative estimate of drug-likeness (QED) is 0.632. The molecule has 0 atom stereocenters. The van der Waals surface area contributed by atoms with Gasteiger partial charge in [0.1, 0.15) is 5.75 Å². The largest absolute Gasteiger partial charge is 0.497 e. The Morgan fingerprint density at radius 1 is 1.38 bits per heavy atom. The number of rotatable bonds is 4. The first-order valence-electron chi connectivity index (χ1n) is 7.18. The molecule has 3 rings (SSSR count). The molecule has 0 fully saturated rings. The number of thiazole rings is 1. The minimum absolute atomic E-state index is 0.668. The zero-order valence-electron chi connectivity index (χ0n) is 13.7. The van der Waals surface area contributed by atoms with Gasteiger partial charge in [-0.15, -0.1) is 0 Å². The Balaban J connectivity index is 0.000000298. The molecule has 11 heteroatoms. The van der Waals surface area contributed by atoms with E-state index >= 15 is 0 Å². The molecule has 3 N–H and O–H groups in total. The van der Waals surface area contributed by atoms with Crippen LogP contribution < -0.4 is 10.1 Å². The van der Waals surface area contributed by atoms with E-state index in [0.717, 1.165) is 32.5 Å². The number of aliphatic carboxylic acids is 1. The first kappa shape index (κ1) is 19.5. The van der Waals surface area contributed by atoms with Gasteiger partial charge in [-0.05, 0) is 31.2 Å². The molecule has 2 aromatic heterocycles. The number of aryl methyl sites for hydroxylation is 1. The van der Waals surface area contributed by atoms with Crippen molar-refractivity contribution in [2.24, 2.45) is 0 Å². The molecule has 0 saturated heterocycles. The number of benzene rings is 1. The number of carbonyl (C=O) groups is 1. The van der Waals surface area contributed by atoms with Crippen molar-refractivity contribution in [2.75, 3.05) is 12.4 Å². The lowest BCUT2D eigenvalue weighted by molar-refractivity contribution is -0.192. The lowest BCUT2D eigenvalue weighted by Gasteiger charge is -1.97. The van der Waals surface area contributed by atoms with Crippen LogP contribution in [0.2, 0.25) is 0 Å². The summed E-state index contributed by atoms with van der Waals surface area (Å²) in [5, 5.41) is 18.4. The summed E-state index contributed by atoms with van der Waals surface area (Å²) in [6.07, 6.45) is -5.08. The normalized spacial score (nSPS) is 11.0. The van der Waals surface area contributed by atoms with Crippen LogP contribution in [0, 0.1) is 6.92 Å². The Labute approximate surface area is 149 Å². The first-order chi connectivity index (χ1) is 12.2. The zero-order valence-corrected chi connectivity index (χ0v) is 14.5. The van der Waals surface area contributed by atoms with Gasteiger partial charge in [0.15, 0.2) is 5.13 Å². The van der Waals surface area contributed by atoms with E-state index in [1.54, 1.807) is 18.4 Å². The second-order valence-corrected chi connectivity index (χ2v) is 6.08. The maximum Gasteiger partial charge on any atom is 0.490 e. The van der Waals surface area contributed by atoms with Gasteiger partial charge in [-0.2, -0.15) is 18.3 Å². The number of ether oxygens (including phenoxy) is 1. The monoisotopic (exact) mass is 388 g/mol. The van der Waals surface area contributed by atoms with E-state index in [4.69, 9.17) is 14.6 Å². The smallest absolute Gasteiger partial charge is 0.490 e. The minimum atomic E-state index is -5.08. The number of nitrogens with one attached hydrogen (secondary N) is 2. The van der Waals surface area contributed by atoms with E-state index in [1.165, 1.54) is 0 Å². The third kappa shape index (κ3) is 5.34. The van der Waals surface area contributed by atoms with Crippen LogP contribution in [0.5, 0.6) is 5.75 Å². The lowest BCUT2D eigenvalue weighted by atomic mass is 10.3. The number of H-pyrrole nitrogens is 1. The van der Waals surface area contributed by atoms with E-state index in [9.17, 15) is 13.2 Å². The number of hydrogen-bond acceptors (Lipinski definition) is 6. The zero-order chi connectivity index (χ0) is 19.3. The van der Waals surface area contributed by atoms with Gasteiger partial charge < -0.3 is 15.2 Å². The van der Waals surface area contributed by atoms with Gasteiger partial charge in [-0.1, -0.05) is 11.3 Å². The molecule has 0 spiro atoms. The molecule has 7 nitrogen and oxygen atoms in total. The maximum atomic E-state index is 10.6. The summed E-state index contributed by atoms with van der Waals surface area (Å²) in [6, 6.07) is 7.90. The van der Waals surface area contributed by atoms with Gasteiger partial charge in [0.25, 0.3) is 0 Å². The topological polar surface area (TPSA) is 100 Å². The third-order valence-corrected chi connectivity index (χ3v) is 3.99. The van der Waals surface area contributed by atoms with E-state index in [1.807, 2.05) is 31.2 Å². The molecular formula is C15H15F3N4O3S. The van der Waals surface area contributed by atoms with Crippen molar-refractivity contribution < 1.29 is 27.8 Å². The average molecular weight is 388 g/mol. The Hall–Kier alpha value is -2.82. The van der Waals surface area contributed by atoms with Crippen LogP contribution in [0.15, 0.2) is 24.3 Å². The van der Waals surface area contributed by atoms with Crippen molar-refractivity contribution in [2.45, 2.75) is 19.6 Å². The highest BCUT2D eigenvalue weighted by Crippen LogP contribution is 2.29. The van der Waals surface area contributed by atoms with E-state index in [-0.39, 0.29) is 0 Å². The summed E-state index contributed by atoms with van der Waals surface area (Å²) in [4.78, 5) is 13.4. The highest BCUT2D eigenvalue weighted by Gasteiger charge is 2.38. The van der Waals surface area contributed by atoms with Crippen molar-refractivity contribution in [1.29, 1.82) is 0 Å². The number of carboxylic acid groups (broad SMARTS) is 1. The second-order valence-electron chi connectivity index (χ2n) is 5.05. The highest BCUT2D eigenvalue weighted by atomic mass is 32.1. The Bertz CT molecular complexity index is 892. The van der Waals surface area contributed by atoms with E-state index < -0.39 is 12.1 Å². The standard InChI is InChI=1S/C13H14N4OS.C2HF3O2/c1-8-5-9(17-16-8)7-14-13-15-11-4-3-10(18-2)6-12(11)19-13;3-2(4,5)1(6)7/h3-6H,7H2,1-2H3,(H,14,15)(H,16,17);(H,6,7). The fourth-order valence-corrected chi connectivity index (χ4v) is 2.73. The van der Waals surface area contributed by atoms with Crippen LogP contribution in [0.1, 0.15) is 11.4 Å². The SMILES string of the molecule is COc1ccc2nc(NCc3cc(C)[nH]n3)sc2c1.O=C(O)C(F)(F)F. The number of aromatic nitrogens is 3. The molecule has 26 heavy (non-hydrogen) atoms. The van der Waals surface area contributed by atoms with Crippen LogP contribution in [0.3, 0.4) is 0 Å². The number of methoxy groups -OCH3 is 1. The molecule has 2 heterocycles. The van der Waals surface area contributed by atoms with Gasteiger partial charge in [0, 0.05) is 5.69 Å². The molecule has 140 valence electrons. The number of alkyl halides is 3. The summed E-state index contributed by atoms with van der Waals surface area (Å²) in [6.45, 7) is 2.65. The Morgan fingerprint density at radius 2 is 2.08 bits per heavy atom. The first-order valence-corrected chi connectivity index (χ1v) is 8.00. The van der Waals surface area contributed by atoms with Crippen molar-refractivity contribution in [3.05, 3.63) is 35.7 Å².